The molecule has 3 fully saturated rings. The average Bonchev–Trinajstić information content (AvgIpc) is 2.80. The molecular weight excluding hydrogens is 483 g/mol. The third kappa shape index (κ3) is 8.93. The van der Waals surface area contributed by atoms with Gasteiger partial charge >= 0.3 is 35.6 Å². The second-order valence-electron chi connectivity index (χ2n) is 11.8. The molecule has 0 aromatic carbocycles. The van der Waals surface area contributed by atoms with Gasteiger partial charge in [0.1, 0.15) is 0 Å². The molecule has 0 heterocycles. The van der Waals surface area contributed by atoms with Crippen molar-refractivity contribution in [2.24, 2.45) is 35.5 Å². The average molecular weight is 536 g/mol. The van der Waals surface area contributed by atoms with Crippen LogP contribution in [0.1, 0.15) is 119 Å². The van der Waals surface area contributed by atoms with E-state index >= 15 is 0 Å². The Bertz CT molecular complexity index is 474. The Morgan fingerprint density at radius 3 is 1.30 bits per heavy atom. The van der Waals surface area contributed by atoms with Crippen molar-refractivity contribution in [3.63, 3.8) is 0 Å². The van der Waals surface area contributed by atoms with E-state index in [9.17, 15) is 0 Å². The number of halogens is 2. The van der Waals surface area contributed by atoms with Gasteiger partial charge in [0.2, 0.25) is 0 Å². The summed E-state index contributed by atoms with van der Waals surface area (Å²) in [6.45, 7) is 14.6. The molecule has 0 aliphatic heterocycles. The van der Waals surface area contributed by atoms with Crippen LogP contribution in [-0.2, 0) is 17.0 Å². The first kappa shape index (κ1) is 30.4. The summed E-state index contributed by atoms with van der Waals surface area (Å²) in [5, 5.41) is 11.4. The van der Waals surface area contributed by atoms with E-state index in [1.807, 2.05) is 0 Å². The van der Waals surface area contributed by atoms with E-state index in [0.29, 0.717) is 24.2 Å². The van der Waals surface area contributed by atoms with Crippen molar-refractivity contribution < 1.29 is 17.0 Å². The fraction of sp³-hybridized carbons (Fsp3) is 1.00. The summed E-state index contributed by atoms with van der Waals surface area (Å²) in [7, 11) is 9.78. The van der Waals surface area contributed by atoms with Gasteiger partial charge in [-0.15, -0.1) is 12.1 Å². The summed E-state index contributed by atoms with van der Waals surface area (Å²) < 4.78 is 0. The third-order valence-corrected chi connectivity index (χ3v) is 9.25. The molecule has 5 heteroatoms. The zero-order chi connectivity index (χ0) is 24.4. The van der Waals surface area contributed by atoms with Crippen molar-refractivity contribution >= 4 is 18.6 Å². The molecule has 0 saturated heterocycles. The van der Waals surface area contributed by atoms with E-state index in [-0.39, 0.29) is 0 Å². The van der Waals surface area contributed by atoms with Crippen molar-refractivity contribution in [3.05, 3.63) is 10.6 Å². The molecule has 3 rings (SSSR count). The summed E-state index contributed by atoms with van der Waals surface area (Å²) in [6, 6.07) is 2.20. The van der Waals surface area contributed by atoms with Gasteiger partial charge in [-0.1, -0.05) is 142 Å². The summed E-state index contributed by atoms with van der Waals surface area (Å²) in [5.74, 6) is 4.76. The zero-order valence-corrected chi connectivity index (χ0v) is 25.5. The predicted octanol–water partition coefficient (Wildman–Crippen LogP) is 10.1. The number of hydrogen-bond acceptors (Lipinski definition) is 0. The first-order valence-electron chi connectivity index (χ1n) is 14.2. The van der Waals surface area contributed by atoms with Crippen LogP contribution in [0.15, 0.2) is 0 Å². The third-order valence-electron chi connectivity index (χ3n) is 9.25. The van der Waals surface area contributed by atoms with E-state index in [0.717, 1.165) is 35.5 Å². The normalized spacial score (nSPS) is 37.5. The van der Waals surface area contributed by atoms with Crippen LogP contribution in [0.2, 0.25) is 0 Å². The van der Waals surface area contributed by atoms with Crippen LogP contribution in [0.4, 0.5) is 0 Å². The number of hydrogen-bond donors (Lipinski definition) is 0. The first-order valence-corrected chi connectivity index (χ1v) is 18.5. The van der Waals surface area contributed by atoms with Crippen LogP contribution in [-0.4, -0.2) is 24.2 Å². The van der Waals surface area contributed by atoms with Crippen molar-refractivity contribution in [1.82, 2.24) is 0 Å². The van der Waals surface area contributed by atoms with Gasteiger partial charge in [0, 0.05) is 0 Å². The molecular formula is C28H52Cl2N2Ti-2. The fourth-order valence-electron chi connectivity index (χ4n) is 7.31. The van der Waals surface area contributed by atoms with E-state index in [2.05, 4.69) is 41.5 Å². The van der Waals surface area contributed by atoms with Gasteiger partial charge < -0.3 is 10.6 Å². The van der Waals surface area contributed by atoms with E-state index < -0.39 is 17.0 Å². The molecule has 8 atom stereocenters. The number of rotatable bonds is 8. The molecule has 3 aliphatic rings. The molecule has 0 amide bonds. The maximum absolute atomic E-state index is 5.72. The molecule has 0 N–H and O–H groups in total. The van der Waals surface area contributed by atoms with Gasteiger partial charge in [-0.2, -0.15) is 12.1 Å². The van der Waals surface area contributed by atoms with Gasteiger partial charge in [-0.3, -0.25) is 0 Å². The summed E-state index contributed by atoms with van der Waals surface area (Å²) in [6.07, 6.45) is 16.4. The van der Waals surface area contributed by atoms with Crippen molar-refractivity contribution in [3.8, 4) is 0 Å². The quantitative estimate of drug-likeness (QED) is 0.277. The summed E-state index contributed by atoms with van der Waals surface area (Å²) in [4.78, 5) is 0. The Balaban J connectivity index is 0.00000122. The molecule has 3 saturated carbocycles. The molecule has 33 heavy (non-hydrogen) atoms. The SMILES string of the molecule is CCC1CCCC(C(C)C)C1[N-]C1CCCCC1[N-]C1C(CC)CCCC1C(C)C.[Cl][Ti][Cl]. The van der Waals surface area contributed by atoms with Crippen LogP contribution in [0.25, 0.3) is 10.6 Å². The Kier molecular flexibility index (Phi) is 14.9. The van der Waals surface area contributed by atoms with Gasteiger partial charge in [0.15, 0.2) is 0 Å². The minimum absolute atomic E-state index is 0.504. The second kappa shape index (κ2) is 16.1. The monoisotopic (exact) mass is 534 g/mol. The van der Waals surface area contributed by atoms with E-state index in [1.165, 1.54) is 77.0 Å². The molecule has 194 valence electrons. The van der Waals surface area contributed by atoms with Crippen molar-refractivity contribution in [2.75, 3.05) is 0 Å². The first-order chi connectivity index (χ1) is 15.9. The van der Waals surface area contributed by atoms with Crippen LogP contribution in [0, 0.1) is 35.5 Å². The Morgan fingerprint density at radius 2 is 1.00 bits per heavy atom. The predicted molar refractivity (Wildman–Crippen MR) is 144 cm³/mol. The van der Waals surface area contributed by atoms with Crippen LogP contribution in [0.3, 0.4) is 0 Å². The molecule has 2 nitrogen and oxygen atoms in total. The zero-order valence-electron chi connectivity index (χ0n) is 22.4. The fourth-order valence-corrected chi connectivity index (χ4v) is 7.31. The van der Waals surface area contributed by atoms with Crippen molar-refractivity contribution in [2.45, 2.75) is 143 Å². The molecule has 0 aromatic heterocycles. The van der Waals surface area contributed by atoms with Gasteiger partial charge in [-0.25, -0.2) is 0 Å². The Morgan fingerprint density at radius 1 is 0.636 bits per heavy atom. The van der Waals surface area contributed by atoms with Gasteiger partial charge in [0.25, 0.3) is 0 Å². The number of nitrogens with zero attached hydrogens (tertiary/aromatic N) is 2. The van der Waals surface area contributed by atoms with Crippen LogP contribution in [0.5, 0.6) is 0 Å². The van der Waals surface area contributed by atoms with E-state index in [4.69, 9.17) is 29.2 Å². The maximum atomic E-state index is 5.72. The van der Waals surface area contributed by atoms with Crippen molar-refractivity contribution in [1.29, 1.82) is 0 Å². The summed E-state index contributed by atoms with van der Waals surface area (Å²) in [5.41, 5.74) is 0. The topological polar surface area (TPSA) is 28.2 Å². The molecule has 3 aliphatic carbocycles. The Hall–Kier alpha value is 1.21. The standard InChI is InChI=1S/C28H52N2.2ClH.Ti/c1-7-21-13-11-15-23(19(3)4)27(21)29-25-17-9-10-18-26(25)30-28-22(8-2)14-12-16-24(28)20(5)6;;;/h19-28H,7-18H2,1-6H3;2*1H;/q-2;;;+2/p-2. The van der Waals surface area contributed by atoms with Gasteiger partial charge in [-0.05, 0) is 11.8 Å². The molecule has 0 bridgehead atoms. The Labute approximate surface area is 223 Å². The molecule has 0 spiro atoms. The van der Waals surface area contributed by atoms with Gasteiger partial charge in [0.05, 0.1) is 0 Å². The minimum atomic E-state index is -0.556. The van der Waals surface area contributed by atoms with Crippen LogP contribution >= 0.6 is 18.6 Å². The molecule has 0 radical (unpaired) electrons. The second-order valence-corrected chi connectivity index (χ2v) is 14.4. The molecule has 8 unspecified atom stereocenters. The van der Waals surface area contributed by atoms with Crippen LogP contribution < -0.4 is 0 Å². The molecule has 0 aromatic rings. The van der Waals surface area contributed by atoms with E-state index in [1.54, 1.807) is 0 Å². The summed E-state index contributed by atoms with van der Waals surface area (Å²) >= 11 is -0.556.